The van der Waals surface area contributed by atoms with Crippen molar-refractivity contribution in [2.75, 3.05) is 0 Å². The molecule has 0 radical (unpaired) electrons. The molecule has 0 saturated carbocycles. The highest BCUT2D eigenvalue weighted by Crippen LogP contribution is 2.48. The van der Waals surface area contributed by atoms with Crippen LogP contribution < -0.4 is 5.82 Å². The van der Waals surface area contributed by atoms with Crippen molar-refractivity contribution in [3.05, 3.63) is 68.1 Å². The maximum Gasteiger partial charge on any atom is 0.519 e. The Labute approximate surface area is 263 Å². The van der Waals surface area contributed by atoms with Crippen LogP contribution in [-0.2, 0) is 40.7 Å². The van der Waals surface area contributed by atoms with Crippen molar-refractivity contribution in [3.8, 4) is 0 Å². The molecule has 4 rings (SSSR count). The third kappa shape index (κ3) is 6.80. The van der Waals surface area contributed by atoms with Gasteiger partial charge < -0.3 is 18.7 Å². The topological polar surface area (TPSA) is 174 Å². The third-order valence-corrected chi connectivity index (χ3v) is 11.9. The molecule has 0 aliphatic carbocycles. The molecule has 12 nitrogen and oxygen atoms in total. The first kappa shape index (κ1) is 33.5. The zero-order valence-corrected chi connectivity index (χ0v) is 27.1. The Morgan fingerprint density at radius 2 is 1.95 bits per heavy atom. The van der Waals surface area contributed by atoms with E-state index >= 15 is 0 Å². The first-order valence-corrected chi connectivity index (χ1v) is 16.5. The van der Waals surface area contributed by atoms with Gasteiger partial charge in [0.15, 0.2) is 17.6 Å². The third-order valence-electron chi connectivity index (χ3n) is 7.47. The number of fused-ring (bicyclic) bond motifs is 4. The average molecular weight is 665 g/mol. The molecule has 0 spiro atoms. The summed E-state index contributed by atoms with van der Waals surface area (Å²) in [5, 5.41) is 13.3. The standard InChI is InChI=1S/C29H32N2O10S3/c1-16-10-11-29(28(5,37)26(35)43-15-23-18(3)39-27(36)41-23)13-24(34)31(44(29)38)17(2)25-30-20(14-42-25)8-6-7-9-21(33)22(12-16)40-19(4)32/h6-9,12,14,17,22,37H,10-11,13,15H2,1-5H3/b8-6-,9-7-,16-12-/t17-,22-,28+,29-,44?/m1/s1. The van der Waals surface area contributed by atoms with Crippen LogP contribution in [0.25, 0.3) is 6.08 Å². The minimum atomic E-state index is -2.31. The van der Waals surface area contributed by atoms with E-state index in [-0.39, 0.29) is 30.1 Å². The highest BCUT2D eigenvalue weighted by molar-refractivity contribution is 8.13. The zero-order chi connectivity index (χ0) is 32.4. The largest absolute Gasteiger partial charge is 0.519 e. The van der Waals surface area contributed by atoms with Crippen molar-refractivity contribution in [1.82, 2.24) is 9.29 Å². The van der Waals surface area contributed by atoms with Gasteiger partial charge in [-0.3, -0.25) is 23.5 Å². The summed E-state index contributed by atoms with van der Waals surface area (Å²) in [7, 11) is -2.22. The normalized spacial score (nSPS) is 28.5. The van der Waals surface area contributed by atoms with Gasteiger partial charge in [0.1, 0.15) is 32.1 Å². The van der Waals surface area contributed by atoms with Crippen LogP contribution in [-0.4, -0.2) is 57.8 Å². The number of aryl methyl sites for hydroxylation is 1. The summed E-state index contributed by atoms with van der Waals surface area (Å²) in [5.41, 5.74) is -1.23. The summed E-state index contributed by atoms with van der Waals surface area (Å²) in [6.07, 6.45) is 5.81. The second kappa shape index (κ2) is 13.3. The van der Waals surface area contributed by atoms with E-state index in [1.807, 2.05) is 0 Å². The number of carbonyl (C=O) groups is 4. The Morgan fingerprint density at radius 3 is 2.61 bits per heavy atom. The number of thioether (sulfide) groups is 1. The number of allylic oxidation sites excluding steroid dienone is 3. The summed E-state index contributed by atoms with van der Waals surface area (Å²) in [6.45, 7) is 7.24. The van der Waals surface area contributed by atoms with Crippen molar-refractivity contribution in [1.29, 1.82) is 0 Å². The summed E-state index contributed by atoms with van der Waals surface area (Å²) < 4.78 is 28.8. The van der Waals surface area contributed by atoms with E-state index < -0.39 is 68.5 Å². The second-order valence-corrected chi connectivity index (χ2v) is 14.2. The number of rotatable bonds is 5. The molecule has 1 N–H and O–H groups in total. The second-order valence-electron chi connectivity index (χ2n) is 10.7. The summed E-state index contributed by atoms with van der Waals surface area (Å²) >= 11 is 1.89. The molecule has 1 fully saturated rings. The smallest absolute Gasteiger partial charge is 0.450 e. The predicted octanol–water partition coefficient (Wildman–Crippen LogP) is 3.71. The molecule has 2 aromatic heterocycles. The van der Waals surface area contributed by atoms with Crippen LogP contribution in [0.1, 0.15) is 75.2 Å². The number of ether oxygens (including phenoxy) is 1. The molecule has 1 saturated heterocycles. The monoisotopic (exact) mass is 664 g/mol. The number of nitrogens with zero attached hydrogens (tertiary/aromatic N) is 2. The Hall–Kier alpha value is -3.40. The first-order chi connectivity index (χ1) is 20.7. The van der Waals surface area contributed by atoms with E-state index in [0.29, 0.717) is 28.0 Å². The molecule has 2 aliphatic heterocycles. The van der Waals surface area contributed by atoms with Crippen molar-refractivity contribution in [2.45, 2.75) is 82.1 Å². The highest BCUT2D eigenvalue weighted by Gasteiger charge is 2.64. The lowest BCUT2D eigenvalue weighted by Crippen LogP contribution is -2.58. The Bertz CT molecular complexity index is 1650. The maximum absolute atomic E-state index is 14.4. The van der Waals surface area contributed by atoms with Gasteiger partial charge in [-0.1, -0.05) is 29.5 Å². The van der Waals surface area contributed by atoms with Crippen LogP contribution in [0.3, 0.4) is 0 Å². The van der Waals surface area contributed by atoms with E-state index in [4.69, 9.17) is 13.6 Å². The molecular formula is C29H32N2O10S3. The fourth-order valence-corrected chi connectivity index (χ4v) is 8.85. The van der Waals surface area contributed by atoms with Gasteiger partial charge >= 0.3 is 11.8 Å². The summed E-state index contributed by atoms with van der Waals surface area (Å²) in [6, 6.07) is -0.739. The molecule has 0 aromatic carbocycles. The van der Waals surface area contributed by atoms with Gasteiger partial charge in [0, 0.05) is 12.3 Å². The molecule has 2 aromatic rings. The van der Waals surface area contributed by atoms with E-state index in [0.717, 1.165) is 4.31 Å². The zero-order valence-electron chi connectivity index (χ0n) is 24.7. The minimum Gasteiger partial charge on any atom is -0.450 e. The predicted molar refractivity (Wildman–Crippen MR) is 163 cm³/mol. The summed E-state index contributed by atoms with van der Waals surface area (Å²) in [5.74, 6) is -2.49. The molecule has 2 aliphatic rings. The maximum atomic E-state index is 14.4. The van der Waals surface area contributed by atoms with Gasteiger partial charge in [0.05, 0.1) is 23.9 Å². The molecule has 236 valence electrons. The van der Waals surface area contributed by atoms with Crippen molar-refractivity contribution in [2.24, 2.45) is 0 Å². The van der Waals surface area contributed by atoms with E-state index in [1.54, 1.807) is 31.4 Å². The van der Waals surface area contributed by atoms with Crippen LogP contribution in [0.2, 0.25) is 0 Å². The quantitative estimate of drug-likeness (QED) is 0.363. The number of hydrogen-bond acceptors (Lipinski definition) is 13. The van der Waals surface area contributed by atoms with Gasteiger partial charge in [-0.2, -0.15) is 0 Å². The number of amides is 1. The SMILES string of the molecule is CC(=O)O[C@@H]1/C=C(/C)CC[C@]2([C@@](C)(O)C(=O)SCc3oc(=O)oc3C)CC(=O)N([C@H](C)c3nc(cs3)/C=C\C=C/C1=O)S2=O. The number of aliphatic hydroxyl groups is 1. The average Bonchev–Trinajstić information content (AvgIpc) is 3.62. The van der Waals surface area contributed by atoms with Crippen LogP contribution >= 0.6 is 23.1 Å². The van der Waals surface area contributed by atoms with Gasteiger partial charge in [-0.15, -0.1) is 11.3 Å². The Kier molecular flexibility index (Phi) is 10.1. The molecule has 4 heterocycles. The highest BCUT2D eigenvalue weighted by atomic mass is 32.2. The van der Waals surface area contributed by atoms with E-state index in [1.165, 1.54) is 50.3 Å². The molecule has 44 heavy (non-hydrogen) atoms. The molecule has 15 heteroatoms. The van der Waals surface area contributed by atoms with Gasteiger partial charge in [0.25, 0.3) is 0 Å². The molecule has 5 atom stereocenters. The Balaban J connectivity index is 1.77. The van der Waals surface area contributed by atoms with Gasteiger partial charge in [-0.05, 0) is 58.8 Å². The van der Waals surface area contributed by atoms with Crippen molar-refractivity contribution in [3.63, 3.8) is 0 Å². The molecule has 4 bridgehead atoms. The van der Waals surface area contributed by atoms with Crippen LogP contribution in [0.4, 0.5) is 0 Å². The number of carbonyl (C=O) groups excluding carboxylic acids is 4. The minimum absolute atomic E-state index is 0.0983. The van der Waals surface area contributed by atoms with Crippen molar-refractivity contribution >= 4 is 62.9 Å². The van der Waals surface area contributed by atoms with Crippen LogP contribution in [0.5, 0.6) is 0 Å². The fourth-order valence-electron chi connectivity index (χ4n) is 4.91. The van der Waals surface area contributed by atoms with E-state index in [2.05, 4.69) is 4.98 Å². The van der Waals surface area contributed by atoms with E-state index in [9.17, 15) is 33.3 Å². The number of hydrogen-bond donors (Lipinski definition) is 1. The number of ketones is 1. The van der Waals surface area contributed by atoms with Crippen LogP contribution in [0.15, 0.2) is 48.9 Å². The number of thiazole rings is 1. The first-order valence-electron chi connectivity index (χ1n) is 13.6. The summed E-state index contributed by atoms with van der Waals surface area (Å²) in [4.78, 5) is 67.8. The molecular weight excluding hydrogens is 633 g/mol. The lowest BCUT2D eigenvalue weighted by molar-refractivity contribution is -0.148. The van der Waals surface area contributed by atoms with Crippen molar-refractivity contribution < 1.29 is 42.1 Å². The molecule has 1 amide bonds. The van der Waals surface area contributed by atoms with Crippen LogP contribution in [0, 0.1) is 6.92 Å². The lowest BCUT2D eigenvalue weighted by atomic mass is 9.81. The van der Waals surface area contributed by atoms with Gasteiger partial charge in [-0.25, -0.2) is 14.0 Å². The number of esters is 1. The number of aromatic nitrogens is 1. The fraction of sp³-hybridized carbons (Fsp3) is 0.448. The molecule has 1 unspecified atom stereocenters. The lowest BCUT2D eigenvalue weighted by Gasteiger charge is -2.39. The Morgan fingerprint density at radius 1 is 1.25 bits per heavy atom. The van der Waals surface area contributed by atoms with Gasteiger partial charge in [0.2, 0.25) is 11.0 Å².